The number of aliphatic hydroxyl groups is 2. The van der Waals surface area contributed by atoms with Gasteiger partial charge in [-0.05, 0) is 57.2 Å². The zero-order valence-corrected chi connectivity index (χ0v) is 20.8. The summed E-state index contributed by atoms with van der Waals surface area (Å²) in [4.78, 5) is 24.9. The molecule has 4 heterocycles. The average molecular weight is 481 g/mol. The van der Waals surface area contributed by atoms with Gasteiger partial charge in [0.15, 0.2) is 0 Å². The predicted molar refractivity (Wildman–Crippen MR) is 141 cm³/mol. The van der Waals surface area contributed by atoms with E-state index in [1.165, 1.54) is 4.57 Å². The number of aliphatic imine (C=N–C) groups is 1. The van der Waals surface area contributed by atoms with Crippen molar-refractivity contribution in [2.45, 2.75) is 58.2 Å². The summed E-state index contributed by atoms with van der Waals surface area (Å²) in [6, 6.07) is 3.71. The van der Waals surface area contributed by atoms with Crippen molar-refractivity contribution < 1.29 is 10.2 Å². The number of rotatable bonds is 5. The third kappa shape index (κ3) is 6.10. The molecule has 2 aliphatic heterocycles. The summed E-state index contributed by atoms with van der Waals surface area (Å²) in [5, 5.41) is 27.2. The van der Waals surface area contributed by atoms with E-state index in [1.54, 1.807) is 6.20 Å². The monoisotopic (exact) mass is 480 g/mol. The number of amidine groups is 1. The van der Waals surface area contributed by atoms with Gasteiger partial charge in [-0.3, -0.25) is 9.79 Å². The molecule has 0 atom stereocenters. The number of nitrogens with zero attached hydrogens (tertiary/aromatic N) is 4. The lowest BCUT2D eigenvalue weighted by molar-refractivity contribution is 0.0962. The Kier molecular flexibility index (Phi) is 7.28. The molecular weight excluding hydrogens is 444 g/mol. The van der Waals surface area contributed by atoms with Gasteiger partial charge in [-0.25, -0.2) is 4.98 Å². The number of likely N-dealkylation sites (tertiary alicyclic amines) is 1. The first kappa shape index (κ1) is 24.9. The molecule has 188 valence electrons. The Bertz CT molecular complexity index is 1220. The van der Waals surface area contributed by atoms with Gasteiger partial charge in [0, 0.05) is 43.5 Å². The summed E-state index contributed by atoms with van der Waals surface area (Å²) < 4.78 is 1.50. The molecule has 0 unspecified atom stereocenters. The maximum atomic E-state index is 13.1. The third-order valence-corrected chi connectivity index (χ3v) is 6.13. The van der Waals surface area contributed by atoms with Crippen LogP contribution in [0.4, 0.5) is 11.6 Å². The fraction of sp³-hybridized carbons (Fsp3) is 0.500. The molecule has 2 aromatic rings. The number of aromatic nitrogens is 2. The first-order chi connectivity index (χ1) is 16.6. The molecule has 9 heteroatoms. The Morgan fingerprint density at radius 3 is 2.69 bits per heavy atom. The Morgan fingerprint density at radius 1 is 1.26 bits per heavy atom. The summed E-state index contributed by atoms with van der Waals surface area (Å²) in [5.41, 5.74) is 1.66. The minimum Gasteiger partial charge on any atom is -0.395 e. The number of allylic oxidation sites excluding steroid dienone is 1. The maximum absolute atomic E-state index is 13.1. The van der Waals surface area contributed by atoms with Crippen molar-refractivity contribution >= 4 is 28.2 Å². The SMILES string of the molecule is C=C1CN=C(Nc2cc3ccn(CCO)c(=O)c3c(NC(C)(C)C)n2)C=C(N2CCC(O)CC2)C1. The maximum Gasteiger partial charge on any atom is 0.262 e. The summed E-state index contributed by atoms with van der Waals surface area (Å²) in [6.07, 6.45) is 5.76. The highest BCUT2D eigenvalue weighted by Gasteiger charge is 2.22. The smallest absolute Gasteiger partial charge is 0.262 e. The van der Waals surface area contributed by atoms with Crippen LogP contribution in [0, 0.1) is 0 Å². The van der Waals surface area contributed by atoms with Gasteiger partial charge in [0.25, 0.3) is 5.56 Å². The Labute approximate surface area is 205 Å². The molecule has 0 aliphatic carbocycles. The van der Waals surface area contributed by atoms with E-state index in [2.05, 4.69) is 22.1 Å². The molecule has 2 aromatic heterocycles. The first-order valence-electron chi connectivity index (χ1n) is 12.2. The number of hydrogen-bond acceptors (Lipinski definition) is 8. The zero-order chi connectivity index (χ0) is 25.2. The molecule has 4 N–H and O–H groups in total. The van der Waals surface area contributed by atoms with E-state index in [0.717, 1.165) is 49.0 Å². The normalized spacial score (nSPS) is 17.7. The van der Waals surface area contributed by atoms with Crippen LogP contribution in [0.3, 0.4) is 0 Å². The standard InChI is InChI=1S/C26H36N6O3/c1-17-13-19(31-9-6-20(34)7-10-31)15-21(27-16-17)28-22-14-18-5-8-32(11-12-33)25(35)23(18)24(29-22)30-26(2,3)4/h5,8,14-15,20,33-34H,1,6-7,9-13,16H2,2-4H3,(H2,27,28,29,30). The molecule has 0 amide bonds. The van der Waals surface area contributed by atoms with Crippen LogP contribution in [0.5, 0.6) is 0 Å². The minimum absolute atomic E-state index is 0.115. The molecule has 9 nitrogen and oxygen atoms in total. The molecule has 1 fully saturated rings. The van der Waals surface area contributed by atoms with E-state index >= 15 is 0 Å². The van der Waals surface area contributed by atoms with E-state index in [1.807, 2.05) is 39.0 Å². The van der Waals surface area contributed by atoms with Gasteiger partial charge in [-0.2, -0.15) is 0 Å². The second-order valence-corrected chi connectivity index (χ2v) is 10.3. The van der Waals surface area contributed by atoms with E-state index in [4.69, 9.17) is 9.98 Å². The van der Waals surface area contributed by atoms with Gasteiger partial charge < -0.3 is 30.3 Å². The van der Waals surface area contributed by atoms with Crippen LogP contribution in [0.1, 0.15) is 40.0 Å². The highest BCUT2D eigenvalue weighted by molar-refractivity contribution is 6.05. The van der Waals surface area contributed by atoms with Crippen molar-refractivity contribution in [3.05, 3.63) is 52.6 Å². The number of nitrogens with one attached hydrogen (secondary N) is 2. The van der Waals surface area contributed by atoms with E-state index in [0.29, 0.717) is 29.4 Å². The van der Waals surface area contributed by atoms with E-state index in [9.17, 15) is 15.0 Å². The topological polar surface area (TPSA) is 115 Å². The van der Waals surface area contributed by atoms with Gasteiger partial charge in [0.1, 0.15) is 17.5 Å². The van der Waals surface area contributed by atoms with Crippen LogP contribution in [-0.4, -0.2) is 68.4 Å². The van der Waals surface area contributed by atoms with Crippen molar-refractivity contribution in [1.29, 1.82) is 0 Å². The third-order valence-electron chi connectivity index (χ3n) is 6.13. The lowest BCUT2D eigenvalue weighted by Crippen LogP contribution is -2.35. The summed E-state index contributed by atoms with van der Waals surface area (Å²) in [7, 11) is 0. The second-order valence-electron chi connectivity index (χ2n) is 10.3. The van der Waals surface area contributed by atoms with Gasteiger partial charge in [-0.1, -0.05) is 12.2 Å². The zero-order valence-electron chi connectivity index (χ0n) is 20.8. The molecule has 0 spiro atoms. The largest absolute Gasteiger partial charge is 0.395 e. The summed E-state index contributed by atoms with van der Waals surface area (Å²) >= 11 is 0. The number of anilines is 2. The van der Waals surface area contributed by atoms with Crippen LogP contribution in [0.25, 0.3) is 10.8 Å². The first-order valence-corrected chi connectivity index (χ1v) is 12.2. The highest BCUT2D eigenvalue weighted by atomic mass is 16.3. The van der Waals surface area contributed by atoms with Crippen molar-refractivity contribution in [3.63, 3.8) is 0 Å². The summed E-state index contributed by atoms with van der Waals surface area (Å²) in [5.74, 6) is 1.76. The quantitative estimate of drug-likeness (QED) is 0.487. The predicted octanol–water partition coefficient (Wildman–Crippen LogP) is 2.71. The van der Waals surface area contributed by atoms with Crippen LogP contribution in [0.2, 0.25) is 0 Å². The molecule has 2 aliphatic rings. The van der Waals surface area contributed by atoms with Crippen LogP contribution in [0.15, 0.2) is 52.0 Å². The Balaban J connectivity index is 1.70. The molecule has 1 saturated heterocycles. The van der Waals surface area contributed by atoms with Gasteiger partial charge in [-0.15, -0.1) is 0 Å². The fourth-order valence-corrected chi connectivity index (χ4v) is 4.42. The Morgan fingerprint density at radius 2 is 2.00 bits per heavy atom. The minimum atomic E-state index is -0.313. The lowest BCUT2D eigenvalue weighted by atomic mass is 10.0. The number of hydrogen-bond donors (Lipinski definition) is 4. The molecule has 0 bridgehead atoms. The second kappa shape index (κ2) is 10.2. The van der Waals surface area contributed by atoms with Crippen molar-refractivity contribution in [1.82, 2.24) is 14.5 Å². The van der Waals surface area contributed by atoms with Gasteiger partial charge in [0.05, 0.1) is 24.6 Å². The van der Waals surface area contributed by atoms with Crippen molar-refractivity contribution in [2.75, 3.05) is 36.9 Å². The van der Waals surface area contributed by atoms with Crippen LogP contribution >= 0.6 is 0 Å². The van der Waals surface area contributed by atoms with Crippen molar-refractivity contribution in [2.24, 2.45) is 4.99 Å². The molecule has 0 saturated carbocycles. The molecule has 0 aromatic carbocycles. The lowest BCUT2D eigenvalue weighted by Gasteiger charge is -2.33. The van der Waals surface area contributed by atoms with Crippen LogP contribution in [-0.2, 0) is 6.54 Å². The van der Waals surface area contributed by atoms with Gasteiger partial charge in [0.2, 0.25) is 0 Å². The molecule has 4 rings (SSSR count). The number of piperidine rings is 1. The number of aliphatic hydroxyl groups excluding tert-OH is 2. The average Bonchev–Trinajstić information content (AvgIpc) is 2.96. The molecule has 35 heavy (non-hydrogen) atoms. The summed E-state index contributed by atoms with van der Waals surface area (Å²) in [6.45, 7) is 12.5. The van der Waals surface area contributed by atoms with Crippen LogP contribution < -0.4 is 16.2 Å². The fourth-order valence-electron chi connectivity index (χ4n) is 4.42. The van der Waals surface area contributed by atoms with E-state index in [-0.39, 0.29) is 30.4 Å². The Hall–Kier alpha value is -3.17. The highest BCUT2D eigenvalue weighted by Crippen LogP contribution is 2.26. The van der Waals surface area contributed by atoms with Crippen molar-refractivity contribution in [3.8, 4) is 0 Å². The van der Waals surface area contributed by atoms with Gasteiger partial charge >= 0.3 is 0 Å². The number of pyridine rings is 2. The number of fused-ring (bicyclic) bond motifs is 1. The van der Waals surface area contributed by atoms with E-state index < -0.39 is 0 Å². The molecule has 0 radical (unpaired) electrons. The molecular formula is C26H36N6O3.